The van der Waals surface area contributed by atoms with Gasteiger partial charge in [0.1, 0.15) is 10.7 Å². The van der Waals surface area contributed by atoms with E-state index in [0.29, 0.717) is 5.02 Å². The molecule has 0 N–H and O–H groups in total. The summed E-state index contributed by atoms with van der Waals surface area (Å²) in [6, 6.07) is 31.1. The first-order valence-electron chi connectivity index (χ1n) is 11.2. The Labute approximate surface area is 205 Å². The Morgan fingerprint density at radius 1 is 0.758 bits per heavy atom. The van der Waals surface area contributed by atoms with E-state index >= 15 is 0 Å². The fourth-order valence-corrected chi connectivity index (χ4v) is 4.76. The first-order chi connectivity index (χ1) is 16.2. The number of hydrogen-bond acceptors (Lipinski definition) is 3. The van der Waals surface area contributed by atoms with Gasteiger partial charge in [0.25, 0.3) is 0 Å². The molecule has 0 atom stereocenters. The maximum atomic E-state index is 6.31. The van der Waals surface area contributed by atoms with Gasteiger partial charge in [-0.3, -0.25) is 0 Å². The van der Waals surface area contributed by atoms with E-state index in [1.165, 1.54) is 16.8 Å². The van der Waals surface area contributed by atoms with E-state index in [4.69, 9.17) is 28.2 Å². The SMILES string of the molecule is S=C(c1ccc(-c2ccccc2Cl)o1)N1CCN(c2ccc(Cc3ccccc3)cc2)CC1. The topological polar surface area (TPSA) is 19.6 Å². The number of rotatable bonds is 5. The molecule has 166 valence electrons. The maximum absolute atomic E-state index is 6.31. The Morgan fingerprint density at radius 3 is 2.15 bits per heavy atom. The predicted octanol–water partition coefficient (Wildman–Crippen LogP) is 6.69. The third-order valence-electron chi connectivity index (χ3n) is 6.08. The molecule has 0 unspecified atom stereocenters. The van der Waals surface area contributed by atoms with Gasteiger partial charge in [-0.05, 0) is 53.9 Å². The highest BCUT2D eigenvalue weighted by Gasteiger charge is 2.22. The number of piperazine rings is 1. The van der Waals surface area contributed by atoms with Gasteiger partial charge in [-0.15, -0.1) is 0 Å². The van der Waals surface area contributed by atoms with Gasteiger partial charge < -0.3 is 14.2 Å². The van der Waals surface area contributed by atoms with Crippen molar-refractivity contribution in [1.82, 2.24) is 4.90 Å². The molecule has 33 heavy (non-hydrogen) atoms. The lowest BCUT2D eigenvalue weighted by atomic mass is 10.0. The molecule has 3 aromatic carbocycles. The molecule has 0 bridgehead atoms. The number of nitrogens with zero attached hydrogens (tertiary/aromatic N) is 2. The molecule has 0 spiro atoms. The Hall–Kier alpha value is -3.08. The molecule has 1 fully saturated rings. The maximum Gasteiger partial charge on any atom is 0.162 e. The van der Waals surface area contributed by atoms with Crippen molar-refractivity contribution in [3.8, 4) is 11.3 Å². The van der Waals surface area contributed by atoms with Crippen molar-refractivity contribution in [2.75, 3.05) is 31.1 Å². The molecule has 0 amide bonds. The van der Waals surface area contributed by atoms with Crippen molar-refractivity contribution in [3.63, 3.8) is 0 Å². The Balaban J connectivity index is 1.19. The predicted molar refractivity (Wildman–Crippen MR) is 140 cm³/mol. The van der Waals surface area contributed by atoms with Crippen molar-refractivity contribution in [2.24, 2.45) is 0 Å². The summed E-state index contributed by atoms with van der Waals surface area (Å²) < 4.78 is 6.06. The van der Waals surface area contributed by atoms with Crippen LogP contribution < -0.4 is 4.90 Å². The molecule has 1 aliphatic rings. The summed E-state index contributed by atoms with van der Waals surface area (Å²) in [5.41, 5.74) is 4.81. The lowest BCUT2D eigenvalue weighted by Crippen LogP contribution is -2.48. The van der Waals surface area contributed by atoms with Gasteiger partial charge in [-0.2, -0.15) is 0 Å². The zero-order chi connectivity index (χ0) is 22.6. The van der Waals surface area contributed by atoms with Gasteiger partial charge in [0, 0.05) is 37.4 Å². The quantitative estimate of drug-likeness (QED) is 0.301. The number of benzene rings is 3. The molecule has 4 aromatic rings. The first kappa shape index (κ1) is 21.7. The van der Waals surface area contributed by atoms with E-state index in [1.807, 2.05) is 36.4 Å². The van der Waals surface area contributed by atoms with E-state index in [0.717, 1.165) is 54.7 Å². The monoisotopic (exact) mass is 472 g/mol. The highest BCUT2D eigenvalue weighted by atomic mass is 35.5. The second-order valence-electron chi connectivity index (χ2n) is 8.25. The fourth-order valence-electron chi connectivity index (χ4n) is 4.24. The van der Waals surface area contributed by atoms with Crippen LogP contribution in [0.2, 0.25) is 5.02 Å². The molecule has 3 nitrogen and oxygen atoms in total. The van der Waals surface area contributed by atoms with Crippen LogP contribution in [0.25, 0.3) is 11.3 Å². The molecule has 0 saturated carbocycles. The highest BCUT2D eigenvalue weighted by molar-refractivity contribution is 7.80. The highest BCUT2D eigenvalue weighted by Crippen LogP contribution is 2.30. The summed E-state index contributed by atoms with van der Waals surface area (Å²) in [4.78, 5) is 5.40. The van der Waals surface area contributed by atoms with Crippen LogP contribution in [-0.4, -0.2) is 36.1 Å². The Bertz CT molecular complexity index is 1230. The van der Waals surface area contributed by atoms with Crippen LogP contribution in [0.4, 0.5) is 5.69 Å². The number of thiocarbonyl (C=S) groups is 1. The van der Waals surface area contributed by atoms with Crippen LogP contribution in [0, 0.1) is 0 Å². The Kier molecular flexibility index (Phi) is 6.47. The van der Waals surface area contributed by atoms with Gasteiger partial charge in [0.15, 0.2) is 5.76 Å². The third-order valence-corrected chi connectivity index (χ3v) is 6.86. The van der Waals surface area contributed by atoms with E-state index < -0.39 is 0 Å². The van der Waals surface area contributed by atoms with Gasteiger partial charge in [-0.1, -0.05) is 78.4 Å². The summed E-state index contributed by atoms with van der Waals surface area (Å²) in [6.45, 7) is 3.59. The third kappa shape index (κ3) is 4.97. The van der Waals surface area contributed by atoms with E-state index in [1.54, 1.807) is 0 Å². The second kappa shape index (κ2) is 9.82. The van der Waals surface area contributed by atoms with Gasteiger partial charge in [0.05, 0.1) is 5.02 Å². The lowest BCUT2D eigenvalue weighted by molar-refractivity contribution is 0.385. The molecule has 0 radical (unpaired) electrons. The molecule has 5 rings (SSSR count). The van der Waals surface area contributed by atoms with Crippen LogP contribution in [0.1, 0.15) is 16.9 Å². The molecular weight excluding hydrogens is 448 g/mol. The minimum atomic E-state index is 0.674. The number of furan rings is 1. The largest absolute Gasteiger partial charge is 0.454 e. The lowest BCUT2D eigenvalue weighted by Gasteiger charge is -2.37. The average Bonchev–Trinajstić information content (AvgIpc) is 3.35. The minimum Gasteiger partial charge on any atom is -0.454 e. The first-order valence-corrected chi connectivity index (χ1v) is 12.0. The zero-order valence-electron chi connectivity index (χ0n) is 18.3. The van der Waals surface area contributed by atoms with Gasteiger partial charge in [0.2, 0.25) is 0 Å². The van der Waals surface area contributed by atoms with Crippen molar-refractivity contribution >= 4 is 34.5 Å². The van der Waals surface area contributed by atoms with Crippen LogP contribution >= 0.6 is 23.8 Å². The molecule has 5 heteroatoms. The summed E-state index contributed by atoms with van der Waals surface area (Å²) in [7, 11) is 0. The average molecular weight is 473 g/mol. The van der Waals surface area contributed by atoms with E-state index in [2.05, 4.69) is 64.4 Å². The van der Waals surface area contributed by atoms with E-state index in [-0.39, 0.29) is 0 Å². The number of anilines is 1. The standard InChI is InChI=1S/C28H25ClN2OS/c29-25-9-5-4-8-24(25)26-14-15-27(32-26)28(33)31-18-16-30(17-19-31)23-12-10-22(11-13-23)20-21-6-2-1-3-7-21/h1-15H,16-20H2. The molecule has 2 heterocycles. The van der Waals surface area contributed by atoms with Crippen LogP contribution in [-0.2, 0) is 6.42 Å². The molecular formula is C28H25ClN2OS. The normalized spacial score (nSPS) is 13.8. The van der Waals surface area contributed by atoms with Crippen molar-refractivity contribution in [2.45, 2.75) is 6.42 Å². The molecule has 1 aliphatic heterocycles. The smallest absolute Gasteiger partial charge is 0.162 e. The van der Waals surface area contributed by atoms with Crippen LogP contribution in [0.3, 0.4) is 0 Å². The van der Waals surface area contributed by atoms with Crippen LogP contribution in [0.5, 0.6) is 0 Å². The number of hydrogen-bond donors (Lipinski definition) is 0. The second-order valence-corrected chi connectivity index (χ2v) is 9.05. The molecule has 1 saturated heterocycles. The van der Waals surface area contributed by atoms with Crippen molar-refractivity contribution in [3.05, 3.63) is 113 Å². The van der Waals surface area contributed by atoms with Crippen LogP contribution in [0.15, 0.2) is 95.4 Å². The minimum absolute atomic E-state index is 0.674. The molecule has 1 aromatic heterocycles. The zero-order valence-corrected chi connectivity index (χ0v) is 19.9. The Morgan fingerprint density at radius 2 is 1.42 bits per heavy atom. The summed E-state index contributed by atoms with van der Waals surface area (Å²) >= 11 is 12.1. The van der Waals surface area contributed by atoms with Crippen molar-refractivity contribution < 1.29 is 4.42 Å². The van der Waals surface area contributed by atoms with E-state index in [9.17, 15) is 0 Å². The summed E-state index contributed by atoms with van der Waals surface area (Å²) in [6.07, 6.45) is 0.961. The summed E-state index contributed by atoms with van der Waals surface area (Å²) in [5, 5.41) is 0.674. The van der Waals surface area contributed by atoms with Gasteiger partial charge >= 0.3 is 0 Å². The number of halogens is 1. The molecule has 0 aliphatic carbocycles. The summed E-state index contributed by atoms with van der Waals surface area (Å²) in [5.74, 6) is 1.46. The fraction of sp³-hybridized carbons (Fsp3) is 0.179. The van der Waals surface area contributed by atoms with Gasteiger partial charge in [-0.25, -0.2) is 0 Å². The van der Waals surface area contributed by atoms with Crippen molar-refractivity contribution in [1.29, 1.82) is 0 Å².